The minimum absolute atomic E-state index is 0.864. The van der Waals surface area contributed by atoms with Gasteiger partial charge in [0.15, 0.2) is 0 Å². The van der Waals surface area contributed by atoms with E-state index in [1.807, 2.05) is 117 Å². The second-order valence-corrected chi connectivity index (χ2v) is 13.4. The number of hydrogen-bond donors (Lipinski definition) is 0. The molecule has 0 saturated heterocycles. The van der Waals surface area contributed by atoms with Gasteiger partial charge in [0.05, 0.1) is 11.4 Å². The largest absolute Gasteiger partial charge is 0.256 e. The van der Waals surface area contributed by atoms with Crippen molar-refractivity contribution in [2.24, 2.45) is 4.99 Å². The van der Waals surface area contributed by atoms with Gasteiger partial charge in [0, 0.05) is 33.8 Å². The van der Waals surface area contributed by atoms with Gasteiger partial charge in [-0.2, -0.15) is 0 Å². The van der Waals surface area contributed by atoms with E-state index in [-0.39, 0.29) is 0 Å². The van der Waals surface area contributed by atoms with Gasteiger partial charge < -0.3 is 0 Å². The molecule has 5 aromatic carbocycles. The van der Waals surface area contributed by atoms with E-state index >= 15 is 0 Å². The highest BCUT2D eigenvalue weighted by molar-refractivity contribution is 6.05. The smallest absolute Gasteiger partial charge is 0.0783 e. The van der Waals surface area contributed by atoms with Crippen molar-refractivity contribution in [2.45, 2.75) is 76.2 Å². The standard InChI is InChI=1S/C53H46N2.4C2H6/c1-9-19-51-40(11-3)23-18-25-50(51)38(8)55-53(49-24-17-14-20-36(49)6)44-28-26-43(27-29-44)47-31-46(37(7)30-45-22-16-15-21-39(45)10-2)32-48(33-47)52-34-41(12-4)42(13-5)35-54-52;4*1-2/h9-35H,2-6H2,1,7-8H3;4*1-2H3/b19-9-,37-30+,53-49-,55-38?;;;;. The number of rotatable bonds is 12. The molecule has 6 rings (SSSR count). The summed E-state index contributed by atoms with van der Waals surface area (Å²) in [4.78, 5) is 10.2. The number of benzene rings is 5. The Balaban J connectivity index is 0.00000161. The summed E-state index contributed by atoms with van der Waals surface area (Å²) in [5, 5.41) is 1.90. The Hall–Kier alpha value is -6.90. The minimum Gasteiger partial charge on any atom is -0.256 e. The van der Waals surface area contributed by atoms with E-state index in [2.05, 4.69) is 156 Å². The molecule has 0 aliphatic rings. The number of allylic oxidation sites excluding steroid dienone is 2. The van der Waals surface area contributed by atoms with Crippen LogP contribution in [0.1, 0.15) is 126 Å². The molecule has 0 radical (unpaired) electrons. The highest BCUT2D eigenvalue weighted by atomic mass is 14.8. The van der Waals surface area contributed by atoms with Gasteiger partial charge >= 0.3 is 0 Å². The van der Waals surface area contributed by atoms with E-state index < -0.39 is 0 Å². The summed E-state index contributed by atoms with van der Waals surface area (Å²) < 4.78 is 0. The molecule has 0 aliphatic carbocycles. The van der Waals surface area contributed by atoms with Crippen molar-refractivity contribution < 1.29 is 0 Å². The van der Waals surface area contributed by atoms with Crippen LogP contribution in [0.2, 0.25) is 0 Å². The molecule has 0 saturated carbocycles. The summed E-state index contributed by atoms with van der Waals surface area (Å²) >= 11 is 0. The van der Waals surface area contributed by atoms with Crippen LogP contribution in [0.25, 0.3) is 76.7 Å². The van der Waals surface area contributed by atoms with Gasteiger partial charge in [-0.3, -0.25) is 9.98 Å². The summed E-state index contributed by atoms with van der Waals surface area (Å²) in [7, 11) is 0. The predicted molar refractivity (Wildman–Crippen MR) is 288 cm³/mol. The van der Waals surface area contributed by atoms with Crippen molar-refractivity contribution in [2.75, 3.05) is 0 Å². The zero-order valence-corrected chi connectivity index (χ0v) is 40.0. The van der Waals surface area contributed by atoms with E-state index in [1.54, 1.807) is 0 Å². The highest BCUT2D eigenvalue weighted by Gasteiger charge is 2.13. The molecular weight excluding hydrogens is 761 g/mol. The molecule has 2 nitrogen and oxygen atoms in total. The molecule has 0 fully saturated rings. The molecule has 324 valence electrons. The number of aromatic nitrogens is 1. The summed E-state index contributed by atoms with van der Waals surface area (Å²) in [5.41, 5.74) is 16.4. The Morgan fingerprint density at radius 2 is 1.11 bits per heavy atom. The fourth-order valence-corrected chi connectivity index (χ4v) is 6.81. The van der Waals surface area contributed by atoms with Gasteiger partial charge in [-0.1, -0.05) is 222 Å². The molecule has 0 aliphatic heterocycles. The molecule has 0 spiro atoms. The molecule has 2 heteroatoms. The first-order chi connectivity index (χ1) is 30.8. The third-order valence-corrected chi connectivity index (χ3v) is 9.81. The summed E-state index contributed by atoms with van der Waals surface area (Å²) in [6.07, 6.45) is 15.7. The van der Waals surface area contributed by atoms with Gasteiger partial charge in [0.2, 0.25) is 0 Å². The zero-order chi connectivity index (χ0) is 46.9. The van der Waals surface area contributed by atoms with Gasteiger partial charge in [0.25, 0.3) is 0 Å². The molecule has 0 N–H and O–H groups in total. The number of nitrogens with zero attached hydrogens (tertiary/aromatic N) is 2. The van der Waals surface area contributed by atoms with Crippen LogP contribution in [-0.4, -0.2) is 10.7 Å². The molecule has 1 aromatic heterocycles. The third kappa shape index (κ3) is 13.5. The first kappa shape index (κ1) is 52.2. The lowest BCUT2D eigenvalue weighted by Gasteiger charge is -2.14. The molecule has 0 amide bonds. The van der Waals surface area contributed by atoms with Gasteiger partial charge in [-0.05, 0) is 106 Å². The second kappa shape index (κ2) is 27.8. The molecule has 0 atom stereocenters. The maximum Gasteiger partial charge on any atom is 0.0783 e. The number of pyridine rings is 1. The van der Waals surface area contributed by atoms with Crippen LogP contribution in [0.3, 0.4) is 0 Å². The molecule has 0 bridgehead atoms. The first-order valence-corrected chi connectivity index (χ1v) is 22.4. The lowest BCUT2D eigenvalue weighted by atomic mass is 9.93. The van der Waals surface area contributed by atoms with Crippen LogP contribution in [0, 0.1) is 0 Å². The van der Waals surface area contributed by atoms with Crippen molar-refractivity contribution in [1.29, 1.82) is 0 Å². The molecule has 63 heavy (non-hydrogen) atoms. The van der Waals surface area contributed by atoms with Crippen LogP contribution in [0.5, 0.6) is 0 Å². The van der Waals surface area contributed by atoms with Crippen molar-refractivity contribution in [3.63, 3.8) is 0 Å². The zero-order valence-electron chi connectivity index (χ0n) is 40.0. The maximum atomic E-state index is 5.33. The Morgan fingerprint density at radius 3 is 1.71 bits per heavy atom. The fraction of sp³-hybridized carbons (Fsp3) is 0.180. The van der Waals surface area contributed by atoms with Crippen LogP contribution in [0.15, 0.2) is 159 Å². The SMILES string of the molecule is C=Cc1cnc(-c2cc(/C(C)=C/c3ccccc3C=C)cc(-c3ccc(/C(N=C(C)c4cccc(C=C)c4/C=C\C)=c4\ccccc4=C)cc3)c2)cc1C=C.CC.CC.CC.CC. The Labute approximate surface area is 381 Å². The van der Waals surface area contributed by atoms with Crippen LogP contribution in [-0.2, 0) is 0 Å². The molecule has 6 aromatic rings. The Bertz CT molecular complexity index is 2650. The molecule has 0 unspecified atom stereocenters. The number of hydrogen-bond acceptors (Lipinski definition) is 2. The van der Waals surface area contributed by atoms with E-state index in [1.165, 1.54) is 0 Å². The van der Waals surface area contributed by atoms with E-state index in [9.17, 15) is 0 Å². The van der Waals surface area contributed by atoms with E-state index in [0.29, 0.717) is 0 Å². The predicted octanol–water partition coefficient (Wildman–Crippen LogP) is 16.8. The van der Waals surface area contributed by atoms with Crippen molar-refractivity contribution in [3.8, 4) is 22.4 Å². The van der Waals surface area contributed by atoms with Gasteiger partial charge in [-0.15, -0.1) is 0 Å². The van der Waals surface area contributed by atoms with Gasteiger partial charge in [-0.25, -0.2) is 0 Å². The molecule has 1 heterocycles. The highest BCUT2D eigenvalue weighted by Crippen LogP contribution is 2.33. The van der Waals surface area contributed by atoms with Crippen molar-refractivity contribution in [1.82, 2.24) is 4.98 Å². The number of aliphatic imine (C=N–C) groups is 1. The normalized spacial score (nSPS) is 11.2. The Kier molecular flexibility index (Phi) is 23.1. The average molecular weight is 831 g/mol. The lowest BCUT2D eigenvalue weighted by Crippen LogP contribution is -2.25. The van der Waals surface area contributed by atoms with Gasteiger partial charge in [0.1, 0.15) is 0 Å². The van der Waals surface area contributed by atoms with Crippen molar-refractivity contribution in [3.05, 3.63) is 214 Å². The second-order valence-electron chi connectivity index (χ2n) is 13.4. The monoisotopic (exact) mass is 831 g/mol. The van der Waals surface area contributed by atoms with E-state index in [0.717, 1.165) is 99.9 Å². The van der Waals surface area contributed by atoms with Crippen molar-refractivity contribution >= 4 is 60.0 Å². The fourth-order valence-electron chi connectivity index (χ4n) is 6.81. The van der Waals surface area contributed by atoms with Crippen LogP contribution >= 0.6 is 0 Å². The van der Waals surface area contributed by atoms with Crippen LogP contribution in [0.4, 0.5) is 0 Å². The topological polar surface area (TPSA) is 25.2 Å². The van der Waals surface area contributed by atoms with E-state index in [4.69, 9.17) is 9.98 Å². The first-order valence-electron chi connectivity index (χ1n) is 22.4. The van der Waals surface area contributed by atoms with Crippen LogP contribution < -0.4 is 10.4 Å². The third-order valence-electron chi connectivity index (χ3n) is 9.81. The lowest BCUT2D eigenvalue weighted by molar-refractivity contribution is 1.30. The minimum atomic E-state index is 0.864. The maximum absolute atomic E-state index is 5.33. The quantitative estimate of drug-likeness (QED) is 0.0891. The molecular formula is C61H70N2. The Morgan fingerprint density at radius 1 is 0.540 bits per heavy atom. The summed E-state index contributed by atoms with van der Waals surface area (Å²) in [6.45, 7) is 42.7. The summed E-state index contributed by atoms with van der Waals surface area (Å²) in [5.74, 6) is 0. The average Bonchev–Trinajstić information content (AvgIpc) is 3.35. The summed E-state index contributed by atoms with van der Waals surface area (Å²) in [6, 6.07) is 40.1.